The van der Waals surface area contributed by atoms with Gasteiger partial charge in [-0.25, -0.2) is 8.42 Å². The second-order valence-electron chi connectivity index (χ2n) is 5.68. The van der Waals surface area contributed by atoms with Crippen molar-refractivity contribution in [3.63, 3.8) is 0 Å². The van der Waals surface area contributed by atoms with Crippen LogP contribution in [0.15, 0.2) is 48.5 Å². The Balaban J connectivity index is 2.15. The summed E-state index contributed by atoms with van der Waals surface area (Å²) in [6.07, 6.45) is 1.85. The van der Waals surface area contributed by atoms with E-state index >= 15 is 0 Å². The van der Waals surface area contributed by atoms with Crippen molar-refractivity contribution in [2.75, 3.05) is 18.1 Å². The largest absolute Gasteiger partial charge is 0.325 e. The maximum Gasteiger partial charge on any atom is 0.239 e. The Morgan fingerprint density at radius 1 is 1.08 bits per heavy atom. The summed E-state index contributed by atoms with van der Waals surface area (Å²) in [5, 5.41) is 3.25. The van der Waals surface area contributed by atoms with Gasteiger partial charge < -0.3 is 5.32 Å². The number of benzene rings is 2. The van der Waals surface area contributed by atoms with Gasteiger partial charge in [-0.15, -0.1) is 0 Å². The van der Waals surface area contributed by atoms with Gasteiger partial charge in [-0.1, -0.05) is 54.9 Å². The van der Waals surface area contributed by atoms with Gasteiger partial charge in [-0.2, -0.15) is 4.31 Å². The molecule has 5 nitrogen and oxygen atoms in total. The van der Waals surface area contributed by atoms with Gasteiger partial charge in [-0.05, 0) is 29.7 Å². The molecule has 0 aromatic heterocycles. The molecule has 1 amide bonds. The third kappa shape index (κ3) is 5.56. The maximum absolute atomic E-state index is 12.4. The van der Waals surface area contributed by atoms with E-state index in [1.54, 1.807) is 30.3 Å². The normalized spacial score (nSPS) is 11.5. The molecule has 0 saturated heterocycles. The summed E-state index contributed by atoms with van der Waals surface area (Å²) < 4.78 is 25.2. The predicted molar refractivity (Wildman–Crippen MR) is 101 cm³/mol. The minimum Gasteiger partial charge on any atom is -0.325 e. The summed E-state index contributed by atoms with van der Waals surface area (Å²) in [5.41, 5.74) is 2.34. The van der Waals surface area contributed by atoms with Crippen LogP contribution in [-0.4, -0.2) is 31.4 Å². The fourth-order valence-electron chi connectivity index (χ4n) is 2.41. The van der Waals surface area contributed by atoms with E-state index in [0.717, 1.165) is 22.5 Å². The van der Waals surface area contributed by atoms with Crippen LogP contribution in [0, 0.1) is 0 Å². The van der Waals surface area contributed by atoms with Gasteiger partial charge in [0.25, 0.3) is 0 Å². The molecule has 0 aliphatic rings. The second-order valence-corrected chi connectivity index (χ2v) is 8.07. The number of sulfonamides is 1. The van der Waals surface area contributed by atoms with E-state index in [9.17, 15) is 13.2 Å². The number of halogens is 1. The number of para-hydroxylation sites is 1. The molecule has 2 aromatic carbocycles. The Morgan fingerprint density at radius 3 is 2.28 bits per heavy atom. The fourth-order valence-corrected chi connectivity index (χ4v) is 3.33. The molecule has 0 aliphatic heterocycles. The molecule has 0 radical (unpaired) electrons. The van der Waals surface area contributed by atoms with E-state index < -0.39 is 15.9 Å². The summed E-state index contributed by atoms with van der Waals surface area (Å²) in [7, 11) is -3.57. The Kier molecular flexibility index (Phi) is 6.58. The number of carbonyl (C=O) groups excluding carboxylic acids is 1. The van der Waals surface area contributed by atoms with Gasteiger partial charge in [-0.3, -0.25) is 4.79 Å². The van der Waals surface area contributed by atoms with Gasteiger partial charge >= 0.3 is 0 Å². The number of carbonyl (C=O) groups is 1. The maximum atomic E-state index is 12.4. The SMILES string of the molecule is CCc1ccccc1NC(=O)CN(Cc1ccccc1Cl)S(C)(=O)=O. The van der Waals surface area contributed by atoms with Crippen LogP contribution in [0.2, 0.25) is 5.02 Å². The van der Waals surface area contributed by atoms with Crippen molar-refractivity contribution in [3.05, 3.63) is 64.7 Å². The number of amides is 1. The van der Waals surface area contributed by atoms with Crippen LogP contribution < -0.4 is 5.32 Å². The summed E-state index contributed by atoms with van der Waals surface area (Å²) in [6.45, 7) is 1.76. The molecule has 0 aliphatic carbocycles. The average molecular weight is 381 g/mol. The highest BCUT2D eigenvalue weighted by molar-refractivity contribution is 7.88. The molecule has 7 heteroatoms. The van der Waals surface area contributed by atoms with E-state index in [-0.39, 0.29) is 13.1 Å². The molecular formula is C18H21ClN2O3S. The number of hydrogen-bond donors (Lipinski definition) is 1. The second kappa shape index (κ2) is 8.47. The van der Waals surface area contributed by atoms with Crippen LogP contribution in [0.4, 0.5) is 5.69 Å². The Hall–Kier alpha value is -1.89. The van der Waals surface area contributed by atoms with Gasteiger partial charge in [0.15, 0.2) is 0 Å². The van der Waals surface area contributed by atoms with E-state index in [1.165, 1.54) is 0 Å². The summed E-state index contributed by atoms with van der Waals surface area (Å²) in [6, 6.07) is 14.4. The first-order valence-electron chi connectivity index (χ1n) is 7.87. The van der Waals surface area contributed by atoms with Crippen LogP contribution in [0.25, 0.3) is 0 Å². The molecule has 0 fully saturated rings. The molecule has 0 heterocycles. The van der Waals surface area contributed by atoms with Gasteiger partial charge in [0, 0.05) is 17.3 Å². The smallest absolute Gasteiger partial charge is 0.239 e. The van der Waals surface area contributed by atoms with E-state index in [0.29, 0.717) is 16.3 Å². The van der Waals surface area contributed by atoms with Crippen LogP contribution in [0.3, 0.4) is 0 Å². The van der Waals surface area contributed by atoms with E-state index in [2.05, 4.69) is 5.32 Å². The van der Waals surface area contributed by atoms with Gasteiger partial charge in [0.1, 0.15) is 0 Å². The highest BCUT2D eigenvalue weighted by atomic mass is 35.5. The lowest BCUT2D eigenvalue weighted by atomic mass is 10.1. The molecule has 0 unspecified atom stereocenters. The number of hydrogen-bond acceptors (Lipinski definition) is 3. The molecule has 25 heavy (non-hydrogen) atoms. The monoisotopic (exact) mass is 380 g/mol. The van der Waals surface area contributed by atoms with Crippen molar-refractivity contribution in [3.8, 4) is 0 Å². The average Bonchev–Trinajstić information content (AvgIpc) is 2.55. The third-order valence-corrected chi connectivity index (χ3v) is 5.33. The topological polar surface area (TPSA) is 66.5 Å². The molecule has 0 atom stereocenters. The highest BCUT2D eigenvalue weighted by Gasteiger charge is 2.21. The zero-order valence-electron chi connectivity index (χ0n) is 14.2. The van der Waals surface area contributed by atoms with Crippen LogP contribution >= 0.6 is 11.6 Å². The highest BCUT2D eigenvalue weighted by Crippen LogP contribution is 2.19. The van der Waals surface area contributed by atoms with Crippen molar-refractivity contribution in [1.29, 1.82) is 0 Å². The number of anilines is 1. The minimum atomic E-state index is -3.57. The molecule has 2 rings (SSSR count). The minimum absolute atomic E-state index is 0.0430. The van der Waals surface area contributed by atoms with E-state index in [4.69, 9.17) is 11.6 Å². The standard InChI is InChI=1S/C18H21ClN2O3S/c1-3-14-8-5-7-11-17(14)20-18(22)13-21(25(2,23)24)12-15-9-4-6-10-16(15)19/h4-11H,3,12-13H2,1-2H3,(H,20,22). The number of nitrogens with one attached hydrogen (secondary N) is 1. The molecule has 1 N–H and O–H groups in total. The number of nitrogens with zero attached hydrogens (tertiary/aromatic N) is 1. The van der Waals surface area contributed by atoms with Crippen molar-refractivity contribution in [1.82, 2.24) is 4.31 Å². The Morgan fingerprint density at radius 2 is 1.68 bits per heavy atom. The fraction of sp³-hybridized carbons (Fsp3) is 0.278. The lowest BCUT2D eigenvalue weighted by molar-refractivity contribution is -0.116. The van der Waals surface area contributed by atoms with Crippen molar-refractivity contribution in [2.45, 2.75) is 19.9 Å². The molecular weight excluding hydrogens is 360 g/mol. The summed E-state index contributed by atoms with van der Waals surface area (Å²) in [4.78, 5) is 12.4. The van der Waals surface area contributed by atoms with Gasteiger partial charge in [0.2, 0.25) is 15.9 Å². The first-order chi connectivity index (χ1) is 11.8. The Bertz CT molecular complexity index is 853. The van der Waals surface area contributed by atoms with Crippen molar-refractivity contribution in [2.24, 2.45) is 0 Å². The third-order valence-electron chi connectivity index (χ3n) is 3.77. The van der Waals surface area contributed by atoms with Crippen LogP contribution in [0.5, 0.6) is 0 Å². The molecule has 0 spiro atoms. The zero-order chi connectivity index (χ0) is 18.4. The zero-order valence-corrected chi connectivity index (χ0v) is 15.8. The quantitative estimate of drug-likeness (QED) is 0.801. The lowest BCUT2D eigenvalue weighted by Gasteiger charge is -2.20. The number of rotatable bonds is 7. The number of aryl methyl sites for hydroxylation is 1. The van der Waals surface area contributed by atoms with Gasteiger partial charge in [0.05, 0.1) is 12.8 Å². The predicted octanol–water partition coefficient (Wildman–Crippen LogP) is 3.30. The Labute approximate surface area is 153 Å². The molecule has 0 saturated carbocycles. The lowest BCUT2D eigenvalue weighted by Crippen LogP contribution is -2.37. The van der Waals surface area contributed by atoms with Crippen LogP contribution in [-0.2, 0) is 27.8 Å². The molecule has 2 aromatic rings. The van der Waals surface area contributed by atoms with Crippen LogP contribution in [0.1, 0.15) is 18.1 Å². The van der Waals surface area contributed by atoms with E-state index in [1.807, 2.05) is 25.1 Å². The summed E-state index contributed by atoms with van der Waals surface area (Å²) >= 11 is 6.10. The molecule has 134 valence electrons. The van der Waals surface area contributed by atoms with Crippen molar-refractivity contribution >= 4 is 33.2 Å². The first kappa shape index (κ1) is 19.4. The first-order valence-corrected chi connectivity index (χ1v) is 10.1. The van der Waals surface area contributed by atoms with Crippen molar-refractivity contribution < 1.29 is 13.2 Å². The molecule has 0 bridgehead atoms. The summed E-state index contributed by atoms with van der Waals surface area (Å²) in [5.74, 6) is -0.390.